The van der Waals surface area contributed by atoms with Crippen LogP contribution in [0.15, 0.2) is 0 Å². The summed E-state index contributed by atoms with van der Waals surface area (Å²) in [7, 11) is 0. The number of hydrogen-bond acceptors (Lipinski definition) is 3. The average Bonchev–Trinajstić information content (AvgIpc) is 2.40. The summed E-state index contributed by atoms with van der Waals surface area (Å²) in [6, 6.07) is 0. The summed E-state index contributed by atoms with van der Waals surface area (Å²) in [6.45, 7) is 2.72. The standard InChI is InChI=1S/C10H16INO2S/c1-7(2-4-11)3-5-12-9(13)6-8(15)10(12)14/h7-8,15H,2-6H2,1H3/t7-,8?/m1/s1. The lowest BCUT2D eigenvalue weighted by Crippen LogP contribution is -2.32. The van der Waals surface area contributed by atoms with Gasteiger partial charge in [-0.2, -0.15) is 12.6 Å². The summed E-state index contributed by atoms with van der Waals surface area (Å²) in [5.41, 5.74) is 0. The molecule has 2 atom stereocenters. The number of rotatable bonds is 5. The van der Waals surface area contributed by atoms with E-state index in [4.69, 9.17) is 0 Å². The molecule has 1 aliphatic rings. The van der Waals surface area contributed by atoms with Crippen molar-refractivity contribution in [2.75, 3.05) is 11.0 Å². The van der Waals surface area contributed by atoms with Crippen molar-refractivity contribution in [2.45, 2.75) is 31.4 Å². The largest absolute Gasteiger partial charge is 0.282 e. The molecule has 0 radical (unpaired) electrons. The minimum absolute atomic E-state index is 0.0679. The fourth-order valence-electron chi connectivity index (χ4n) is 1.58. The number of thiol groups is 1. The molecule has 1 heterocycles. The summed E-state index contributed by atoms with van der Waals surface area (Å²) >= 11 is 6.42. The molecule has 0 spiro atoms. The Balaban J connectivity index is 2.38. The van der Waals surface area contributed by atoms with Gasteiger partial charge in [-0.3, -0.25) is 14.5 Å². The minimum Gasteiger partial charge on any atom is -0.282 e. The van der Waals surface area contributed by atoms with Crippen molar-refractivity contribution in [1.82, 2.24) is 4.90 Å². The molecule has 0 bridgehead atoms. The number of carbonyl (C=O) groups is 2. The normalized spacial score (nSPS) is 23.7. The Bertz CT molecular complexity index is 260. The third-order valence-corrected chi connectivity index (χ3v) is 3.69. The second-order valence-electron chi connectivity index (χ2n) is 3.98. The third-order valence-electron chi connectivity index (χ3n) is 2.67. The van der Waals surface area contributed by atoms with Crippen LogP contribution in [0.2, 0.25) is 0 Å². The molecule has 1 unspecified atom stereocenters. The van der Waals surface area contributed by atoms with Crippen LogP contribution in [0.1, 0.15) is 26.2 Å². The highest BCUT2D eigenvalue weighted by Crippen LogP contribution is 2.19. The fraction of sp³-hybridized carbons (Fsp3) is 0.800. The van der Waals surface area contributed by atoms with E-state index in [2.05, 4.69) is 42.1 Å². The van der Waals surface area contributed by atoms with Gasteiger partial charge in [0, 0.05) is 13.0 Å². The summed E-state index contributed by atoms with van der Waals surface area (Å²) in [4.78, 5) is 24.3. The quantitative estimate of drug-likeness (QED) is 0.359. The molecule has 0 aromatic carbocycles. The third kappa shape index (κ3) is 3.62. The van der Waals surface area contributed by atoms with Crippen LogP contribution in [-0.4, -0.2) is 32.9 Å². The van der Waals surface area contributed by atoms with Gasteiger partial charge in [-0.1, -0.05) is 29.5 Å². The molecular formula is C10H16INO2S. The van der Waals surface area contributed by atoms with Gasteiger partial charge in [0.15, 0.2) is 0 Å². The Morgan fingerprint density at radius 2 is 2.20 bits per heavy atom. The van der Waals surface area contributed by atoms with Gasteiger partial charge in [-0.05, 0) is 23.2 Å². The van der Waals surface area contributed by atoms with E-state index in [0.717, 1.165) is 17.3 Å². The molecule has 0 N–H and O–H groups in total. The first-order chi connectivity index (χ1) is 7.06. The molecule has 2 amide bonds. The van der Waals surface area contributed by atoms with Crippen LogP contribution in [0.4, 0.5) is 0 Å². The van der Waals surface area contributed by atoms with Gasteiger partial charge in [0.1, 0.15) is 0 Å². The number of amides is 2. The van der Waals surface area contributed by atoms with Gasteiger partial charge in [-0.15, -0.1) is 0 Å². The van der Waals surface area contributed by atoms with E-state index < -0.39 is 5.25 Å². The van der Waals surface area contributed by atoms with Crippen LogP contribution >= 0.6 is 35.2 Å². The Labute approximate surface area is 110 Å². The van der Waals surface area contributed by atoms with Crippen LogP contribution < -0.4 is 0 Å². The first-order valence-corrected chi connectivity index (χ1v) is 7.18. The zero-order valence-electron chi connectivity index (χ0n) is 8.78. The smallest absolute Gasteiger partial charge is 0.242 e. The van der Waals surface area contributed by atoms with Crippen molar-refractivity contribution in [3.8, 4) is 0 Å². The molecule has 15 heavy (non-hydrogen) atoms. The Morgan fingerprint density at radius 3 is 2.67 bits per heavy atom. The molecule has 5 heteroatoms. The average molecular weight is 341 g/mol. The van der Waals surface area contributed by atoms with Gasteiger partial charge in [0.25, 0.3) is 0 Å². The Hall–Kier alpha value is 0.220. The van der Waals surface area contributed by atoms with E-state index in [9.17, 15) is 9.59 Å². The molecule has 1 fully saturated rings. The summed E-state index contributed by atoms with van der Waals surface area (Å²) < 4.78 is 1.12. The molecule has 86 valence electrons. The van der Waals surface area contributed by atoms with Crippen LogP contribution in [0.5, 0.6) is 0 Å². The maximum absolute atomic E-state index is 11.5. The van der Waals surface area contributed by atoms with E-state index in [0.29, 0.717) is 12.5 Å². The van der Waals surface area contributed by atoms with Crippen molar-refractivity contribution in [3.05, 3.63) is 0 Å². The molecule has 0 saturated carbocycles. The molecule has 1 saturated heterocycles. The number of carbonyl (C=O) groups excluding carboxylic acids is 2. The SMILES string of the molecule is C[C@H](CCI)CCN1C(=O)CC(S)C1=O. The first kappa shape index (κ1) is 13.3. The number of halogens is 1. The van der Waals surface area contributed by atoms with E-state index in [-0.39, 0.29) is 18.2 Å². The number of hydrogen-bond donors (Lipinski definition) is 1. The summed E-state index contributed by atoms with van der Waals surface area (Å²) in [5, 5.41) is -0.405. The van der Waals surface area contributed by atoms with Gasteiger partial charge >= 0.3 is 0 Å². The molecule has 1 aliphatic heterocycles. The fourth-order valence-corrected chi connectivity index (χ4v) is 2.94. The lowest BCUT2D eigenvalue weighted by atomic mass is 10.1. The first-order valence-electron chi connectivity index (χ1n) is 5.14. The van der Waals surface area contributed by atoms with E-state index in [1.165, 1.54) is 4.90 Å². The predicted molar refractivity (Wildman–Crippen MR) is 71.4 cm³/mol. The predicted octanol–water partition coefficient (Wildman–Crippen LogP) is 1.90. The highest BCUT2D eigenvalue weighted by Gasteiger charge is 2.35. The minimum atomic E-state index is -0.405. The lowest BCUT2D eigenvalue weighted by molar-refractivity contribution is -0.138. The molecule has 1 rings (SSSR count). The molecule has 0 aromatic heterocycles. The number of alkyl halides is 1. The van der Waals surface area contributed by atoms with Crippen LogP contribution in [0, 0.1) is 5.92 Å². The molecule has 3 nitrogen and oxygen atoms in total. The van der Waals surface area contributed by atoms with Crippen LogP contribution in [-0.2, 0) is 9.59 Å². The lowest BCUT2D eigenvalue weighted by Gasteiger charge is -2.16. The molecule has 0 aromatic rings. The second-order valence-corrected chi connectivity index (χ2v) is 5.68. The highest BCUT2D eigenvalue weighted by molar-refractivity contribution is 14.1. The van der Waals surface area contributed by atoms with Crippen LogP contribution in [0.3, 0.4) is 0 Å². The monoisotopic (exact) mass is 341 g/mol. The van der Waals surface area contributed by atoms with Gasteiger partial charge in [0.2, 0.25) is 11.8 Å². The number of nitrogens with zero attached hydrogens (tertiary/aromatic N) is 1. The maximum atomic E-state index is 11.5. The van der Waals surface area contributed by atoms with E-state index in [1.807, 2.05) is 0 Å². The Morgan fingerprint density at radius 1 is 1.53 bits per heavy atom. The number of imide groups is 1. The Kier molecular flexibility index (Phi) is 5.38. The summed E-state index contributed by atoms with van der Waals surface area (Å²) in [6.07, 6.45) is 2.31. The van der Waals surface area contributed by atoms with Gasteiger partial charge in [-0.25, -0.2) is 0 Å². The van der Waals surface area contributed by atoms with Crippen LogP contribution in [0.25, 0.3) is 0 Å². The van der Waals surface area contributed by atoms with Crippen molar-refractivity contribution in [2.24, 2.45) is 5.92 Å². The zero-order valence-corrected chi connectivity index (χ0v) is 11.8. The zero-order chi connectivity index (χ0) is 11.4. The van der Waals surface area contributed by atoms with Gasteiger partial charge in [0.05, 0.1) is 5.25 Å². The van der Waals surface area contributed by atoms with Crippen molar-refractivity contribution in [1.29, 1.82) is 0 Å². The second kappa shape index (κ2) is 6.08. The van der Waals surface area contributed by atoms with Crippen molar-refractivity contribution in [3.63, 3.8) is 0 Å². The molecule has 0 aliphatic carbocycles. The summed E-state index contributed by atoms with van der Waals surface area (Å²) in [5.74, 6) is 0.383. The number of likely N-dealkylation sites (tertiary alicyclic amines) is 1. The highest BCUT2D eigenvalue weighted by atomic mass is 127. The topological polar surface area (TPSA) is 37.4 Å². The van der Waals surface area contributed by atoms with E-state index in [1.54, 1.807) is 0 Å². The van der Waals surface area contributed by atoms with Crippen molar-refractivity contribution >= 4 is 47.0 Å². The maximum Gasteiger partial charge on any atom is 0.242 e. The molecular weight excluding hydrogens is 325 g/mol. The van der Waals surface area contributed by atoms with Crippen molar-refractivity contribution < 1.29 is 9.59 Å². The van der Waals surface area contributed by atoms with Gasteiger partial charge < -0.3 is 0 Å². The van der Waals surface area contributed by atoms with E-state index >= 15 is 0 Å².